The van der Waals surface area contributed by atoms with Crippen LogP contribution < -0.4 is 0 Å². The van der Waals surface area contributed by atoms with Crippen LogP contribution in [-0.4, -0.2) is 41.0 Å². The monoisotopic (exact) mass is 224 g/mol. The van der Waals surface area contributed by atoms with Gasteiger partial charge in [0.2, 0.25) is 0 Å². The van der Waals surface area contributed by atoms with Crippen LogP contribution in [0.5, 0.6) is 0 Å². The summed E-state index contributed by atoms with van der Waals surface area (Å²) in [5.74, 6) is -2.48. The Bertz CT molecular complexity index is 241. The molecule has 0 unspecified atom stereocenters. The molecule has 4 nitrogen and oxygen atoms in total. The van der Waals surface area contributed by atoms with E-state index in [0.29, 0.717) is 6.42 Å². The van der Waals surface area contributed by atoms with Crippen molar-refractivity contribution in [2.24, 2.45) is 10.8 Å². The third-order valence-electron chi connectivity index (χ3n) is 2.92. The van der Waals surface area contributed by atoms with E-state index >= 15 is 0 Å². The van der Waals surface area contributed by atoms with Crippen LogP contribution in [0.2, 0.25) is 0 Å². The van der Waals surface area contributed by atoms with Gasteiger partial charge in [-0.1, -0.05) is 40.5 Å². The molecule has 0 amide bonds. The summed E-state index contributed by atoms with van der Waals surface area (Å²) in [6, 6.07) is 0. The van der Waals surface area contributed by atoms with Crippen molar-refractivity contribution in [3.63, 3.8) is 0 Å². The number of unbranched alkanes of at least 4 members (excludes halogenated alkanes) is 1. The number of rotatable bonds is 5. The molecule has 0 aromatic carbocycles. The molecular weight excluding hydrogens is 203 g/mol. The van der Waals surface area contributed by atoms with Gasteiger partial charge in [0.15, 0.2) is 5.41 Å². The zero-order chi connectivity index (χ0) is 12.3. The summed E-state index contributed by atoms with van der Waals surface area (Å²) < 4.78 is 0. The molecule has 0 atom stereocenters. The predicted molar refractivity (Wildman–Crippen MR) is 63.8 cm³/mol. The number of hydrogen-bond acceptors (Lipinski definition) is 2. The second-order valence-electron chi connectivity index (χ2n) is 4.87. The predicted octanol–water partition coefficient (Wildman–Crippen LogP) is 1.73. The molecule has 0 aliphatic carbocycles. The van der Waals surface area contributed by atoms with Crippen LogP contribution in [0.4, 0.5) is 0 Å². The van der Waals surface area contributed by atoms with E-state index in [1.165, 1.54) is 0 Å². The van der Waals surface area contributed by atoms with Crippen molar-refractivity contribution in [2.45, 2.75) is 47.0 Å². The van der Waals surface area contributed by atoms with Crippen LogP contribution in [-0.2, 0) is 9.59 Å². The van der Waals surface area contributed by atoms with E-state index in [1.54, 1.807) is 20.8 Å². The Kier molecular flexibility index (Phi) is 7.07. The molecule has 0 aliphatic heterocycles. The number of aliphatic carboxylic acids is 2. The first kappa shape index (κ1) is 17.9. The van der Waals surface area contributed by atoms with Gasteiger partial charge in [-0.25, -0.2) is 0 Å². The van der Waals surface area contributed by atoms with Gasteiger partial charge in [0, 0.05) is 0 Å². The van der Waals surface area contributed by atoms with Crippen LogP contribution in [0.25, 0.3) is 0 Å². The standard InChI is InChI=1S/C11H20O4.Li.H/c1-5-6-7-11(8(12)13,9(14)15)10(2,3)4;;/h5-7H2,1-4H3,(H,12,13)(H,14,15);;. The van der Waals surface area contributed by atoms with Gasteiger partial charge in [-0.2, -0.15) is 0 Å². The normalized spacial score (nSPS) is 11.8. The first-order valence-corrected chi connectivity index (χ1v) is 5.17. The summed E-state index contributed by atoms with van der Waals surface area (Å²) >= 11 is 0. The summed E-state index contributed by atoms with van der Waals surface area (Å²) in [4.78, 5) is 22.5. The Hall–Kier alpha value is -0.463. The van der Waals surface area contributed by atoms with Gasteiger partial charge in [-0.15, -0.1) is 0 Å². The fourth-order valence-corrected chi connectivity index (χ4v) is 1.76. The van der Waals surface area contributed by atoms with E-state index < -0.39 is 22.8 Å². The minimum absolute atomic E-state index is 0. The number of carboxylic acid groups (broad SMARTS) is 2. The van der Waals surface area contributed by atoms with Crippen LogP contribution >= 0.6 is 0 Å². The van der Waals surface area contributed by atoms with Crippen molar-refractivity contribution in [3.8, 4) is 0 Å². The van der Waals surface area contributed by atoms with E-state index in [1.807, 2.05) is 6.92 Å². The van der Waals surface area contributed by atoms with Crippen molar-refractivity contribution in [1.29, 1.82) is 0 Å². The van der Waals surface area contributed by atoms with Crippen LogP contribution in [0.1, 0.15) is 47.0 Å². The molecule has 0 bridgehead atoms. The van der Waals surface area contributed by atoms with E-state index in [9.17, 15) is 19.8 Å². The molecule has 0 aliphatic rings. The van der Waals surface area contributed by atoms with Crippen LogP contribution in [0.3, 0.4) is 0 Å². The first-order valence-electron chi connectivity index (χ1n) is 5.17. The molecule has 0 saturated heterocycles. The fourth-order valence-electron chi connectivity index (χ4n) is 1.76. The molecule has 90 valence electrons. The Morgan fingerprint density at radius 2 is 1.44 bits per heavy atom. The molecule has 0 aromatic rings. The summed E-state index contributed by atoms with van der Waals surface area (Å²) in [5.41, 5.74) is -2.47. The zero-order valence-electron chi connectivity index (χ0n) is 9.83. The topological polar surface area (TPSA) is 74.6 Å². The van der Waals surface area contributed by atoms with Gasteiger partial charge in [0.25, 0.3) is 0 Å². The average Bonchev–Trinajstić information content (AvgIpc) is 2.01. The van der Waals surface area contributed by atoms with Gasteiger partial charge < -0.3 is 10.2 Å². The van der Waals surface area contributed by atoms with E-state index in [0.717, 1.165) is 6.42 Å². The fraction of sp³-hybridized carbons (Fsp3) is 0.818. The molecule has 0 aromatic heterocycles. The Labute approximate surface area is 109 Å². The molecule has 0 heterocycles. The Balaban J connectivity index is 0. The summed E-state index contributed by atoms with van der Waals surface area (Å²) in [6.07, 6.45) is 1.58. The third kappa shape index (κ3) is 3.26. The minimum atomic E-state index is -1.68. The Morgan fingerprint density at radius 3 is 1.62 bits per heavy atom. The molecule has 0 spiro atoms. The summed E-state index contributed by atoms with van der Waals surface area (Å²) in [7, 11) is 0. The van der Waals surface area contributed by atoms with Crippen molar-refractivity contribution in [1.82, 2.24) is 0 Å². The molecule has 0 saturated carbocycles. The second-order valence-corrected chi connectivity index (χ2v) is 4.87. The van der Waals surface area contributed by atoms with Crippen molar-refractivity contribution in [2.75, 3.05) is 0 Å². The number of hydrogen-bond donors (Lipinski definition) is 2. The maximum atomic E-state index is 11.2. The van der Waals surface area contributed by atoms with Crippen LogP contribution in [0.15, 0.2) is 0 Å². The summed E-state index contributed by atoms with van der Waals surface area (Å²) in [6.45, 7) is 6.89. The van der Waals surface area contributed by atoms with Gasteiger partial charge in [-0.05, 0) is 11.8 Å². The molecule has 0 radical (unpaired) electrons. The third-order valence-corrected chi connectivity index (χ3v) is 2.92. The summed E-state index contributed by atoms with van der Waals surface area (Å²) in [5, 5.41) is 18.4. The number of carboxylic acids is 2. The number of carbonyl (C=O) groups is 2. The molecule has 0 rings (SSSR count). The van der Waals surface area contributed by atoms with Crippen molar-refractivity contribution >= 4 is 30.8 Å². The second kappa shape index (κ2) is 6.32. The molecule has 16 heavy (non-hydrogen) atoms. The van der Waals surface area contributed by atoms with Crippen molar-refractivity contribution in [3.05, 3.63) is 0 Å². The molecular formula is C11H21LiO4. The quantitative estimate of drug-likeness (QED) is 0.551. The van der Waals surface area contributed by atoms with Gasteiger partial charge in [0.1, 0.15) is 0 Å². The van der Waals surface area contributed by atoms with Gasteiger partial charge in [0.05, 0.1) is 0 Å². The van der Waals surface area contributed by atoms with E-state index in [-0.39, 0.29) is 25.3 Å². The molecule has 5 heteroatoms. The van der Waals surface area contributed by atoms with E-state index in [4.69, 9.17) is 0 Å². The van der Waals surface area contributed by atoms with E-state index in [2.05, 4.69) is 0 Å². The Morgan fingerprint density at radius 1 is 1.06 bits per heavy atom. The van der Waals surface area contributed by atoms with Gasteiger partial charge in [-0.3, -0.25) is 9.59 Å². The average molecular weight is 224 g/mol. The first-order chi connectivity index (χ1) is 6.70. The molecule has 2 N–H and O–H groups in total. The SMILES string of the molecule is CCCCC(C(=O)O)(C(=O)O)C(C)(C)C.[LiH]. The van der Waals surface area contributed by atoms with Crippen molar-refractivity contribution < 1.29 is 19.8 Å². The van der Waals surface area contributed by atoms with Gasteiger partial charge >= 0.3 is 30.8 Å². The van der Waals surface area contributed by atoms with Crippen LogP contribution in [0, 0.1) is 10.8 Å². The molecule has 0 fully saturated rings. The maximum absolute atomic E-state index is 11.2. The zero-order valence-corrected chi connectivity index (χ0v) is 9.83.